The molecule has 0 saturated heterocycles. The number of amides is 1. The first-order chi connectivity index (χ1) is 11.0. The number of anilines is 1. The van der Waals surface area contributed by atoms with E-state index < -0.39 is 5.54 Å². The van der Waals surface area contributed by atoms with E-state index in [2.05, 4.69) is 10.1 Å². The maximum atomic E-state index is 12.0. The lowest BCUT2D eigenvalue weighted by Crippen LogP contribution is -2.34. The van der Waals surface area contributed by atoms with Crippen LogP contribution in [0.4, 0.5) is 5.69 Å². The van der Waals surface area contributed by atoms with Crippen molar-refractivity contribution in [2.45, 2.75) is 44.6 Å². The minimum absolute atomic E-state index is 0. The fourth-order valence-corrected chi connectivity index (χ4v) is 3.08. The van der Waals surface area contributed by atoms with Gasteiger partial charge < -0.3 is 15.2 Å². The lowest BCUT2D eigenvalue weighted by atomic mass is 9.98. The van der Waals surface area contributed by atoms with E-state index in [1.807, 2.05) is 31.2 Å². The second-order valence-electron chi connectivity index (χ2n) is 6.11. The zero-order valence-corrected chi connectivity index (χ0v) is 14.8. The zero-order chi connectivity index (χ0) is 16.4. The molecule has 0 bridgehead atoms. The summed E-state index contributed by atoms with van der Waals surface area (Å²) in [5.41, 5.74) is 7.41. The number of para-hydroxylation sites is 1. The fraction of sp³-hybridized carbons (Fsp3) is 0.471. The Hall–Kier alpha value is -1.92. The van der Waals surface area contributed by atoms with Gasteiger partial charge in [0.2, 0.25) is 5.91 Å². The lowest BCUT2D eigenvalue weighted by Gasteiger charge is -2.19. The minimum atomic E-state index is -0.484. The Balaban J connectivity index is 0.00000208. The third kappa shape index (κ3) is 3.30. The van der Waals surface area contributed by atoms with Gasteiger partial charge in [-0.25, -0.2) is 0 Å². The Morgan fingerprint density at radius 1 is 1.33 bits per heavy atom. The number of nitrogens with zero attached hydrogens (tertiary/aromatic N) is 3. The van der Waals surface area contributed by atoms with Crippen molar-refractivity contribution in [2.75, 3.05) is 11.9 Å². The second kappa shape index (κ2) is 7.32. The van der Waals surface area contributed by atoms with E-state index >= 15 is 0 Å². The summed E-state index contributed by atoms with van der Waals surface area (Å²) < 4.78 is 5.45. The molecular formula is C17H23ClN4O2. The predicted molar refractivity (Wildman–Crippen MR) is 95.0 cm³/mol. The molecule has 2 N–H and O–H groups in total. The van der Waals surface area contributed by atoms with E-state index in [-0.39, 0.29) is 18.3 Å². The van der Waals surface area contributed by atoms with E-state index in [0.29, 0.717) is 18.1 Å². The summed E-state index contributed by atoms with van der Waals surface area (Å²) in [5.74, 6) is 0.996. The molecule has 24 heavy (non-hydrogen) atoms. The Morgan fingerprint density at radius 3 is 2.67 bits per heavy atom. The molecule has 130 valence electrons. The molecule has 0 unspecified atom stereocenters. The summed E-state index contributed by atoms with van der Waals surface area (Å²) in [6, 6.07) is 7.53. The summed E-state index contributed by atoms with van der Waals surface area (Å²) in [5, 5.41) is 4.10. The van der Waals surface area contributed by atoms with E-state index in [4.69, 9.17) is 10.3 Å². The van der Waals surface area contributed by atoms with Gasteiger partial charge in [0, 0.05) is 13.5 Å². The Bertz CT molecular complexity index is 710. The third-order valence-electron chi connectivity index (χ3n) is 4.54. The molecule has 7 heteroatoms. The van der Waals surface area contributed by atoms with Crippen molar-refractivity contribution >= 4 is 24.0 Å². The van der Waals surface area contributed by atoms with E-state index in [1.54, 1.807) is 11.9 Å². The Morgan fingerprint density at radius 2 is 2.00 bits per heavy atom. The van der Waals surface area contributed by atoms with Gasteiger partial charge in [0.1, 0.15) is 0 Å². The van der Waals surface area contributed by atoms with Crippen molar-refractivity contribution < 1.29 is 9.32 Å². The van der Waals surface area contributed by atoms with Gasteiger partial charge in [-0.05, 0) is 25.0 Å². The monoisotopic (exact) mass is 350 g/mol. The number of carbonyl (C=O) groups is 1. The summed E-state index contributed by atoms with van der Waals surface area (Å²) in [6.07, 6.45) is 4.37. The maximum absolute atomic E-state index is 12.0. The van der Waals surface area contributed by atoms with Gasteiger partial charge in [0.05, 0.1) is 16.8 Å². The van der Waals surface area contributed by atoms with Crippen molar-refractivity contribution in [3.8, 4) is 11.5 Å². The van der Waals surface area contributed by atoms with Crippen LogP contribution < -0.4 is 10.6 Å². The number of nitrogens with two attached hydrogens (primary N) is 1. The fourth-order valence-electron chi connectivity index (χ4n) is 3.08. The molecule has 0 spiro atoms. The maximum Gasteiger partial charge on any atom is 0.260 e. The number of rotatable bonds is 4. The highest BCUT2D eigenvalue weighted by Gasteiger charge is 2.36. The van der Waals surface area contributed by atoms with Crippen LogP contribution in [0.25, 0.3) is 11.5 Å². The van der Waals surface area contributed by atoms with E-state index in [9.17, 15) is 4.79 Å². The molecule has 0 radical (unpaired) electrons. The average Bonchev–Trinajstić information content (AvgIpc) is 3.23. The standard InChI is InChI=1S/C17H22N4O2.ClH/c1-3-14(22)21(2)13-9-5-4-8-12(13)15-19-16(20-23-15)17(18)10-6-7-11-17;/h4-5,8-9H,3,6-7,10-11,18H2,1-2H3;1H. The van der Waals surface area contributed by atoms with Gasteiger partial charge in [0.25, 0.3) is 5.89 Å². The molecule has 1 aromatic carbocycles. The second-order valence-corrected chi connectivity index (χ2v) is 6.11. The van der Waals surface area contributed by atoms with Crippen LogP contribution in [0.1, 0.15) is 44.9 Å². The summed E-state index contributed by atoms with van der Waals surface area (Å²) in [4.78, 5) is 18.1. The molecule has 1 amide bonds. The van der Waals surface area contributed by atoms with Crippen LogP contribution >= 0.6 is 12.4 Å². The van der Waals surface area contributed by atoms with Gasteiger partial charge in [-0.3, -0.25) is 4.79 Å². The van der Waals surface area contributed by atoms with Gasteiger partial charge in [-0.15, -0.1) is 12.4 Å². The van der Waals surface area contributed by atoms with Gasteiger partial charge in [0.15, 0.2) is 5.82 Å². The van der Waals surface area contributed by atoms with Crippen molar-refractivity contribution in [3.63, 3.8) is 0 Å². The molecule has 2 aromatic rings. The Kier molecular flexibility index (Phi) is 5.62. The third-order valence-corrected chi connectivity index (χ3v) is 4.54. The van der Waals surface area contributed by atoms with Crippen LogP contribution in [0, 0.1) is 0 Å². The molecule has 1 aliphatic carbocycles. The normalized spacial score (nSPS) is 15.8. The lowest BCUT2D eigenvalue weighted by molar-refractivity contribution is -0.118. The summed E-state index contributed by atoms with van der Waals surface area (Å²) in [7, 11) is 1.75. The molecule has 1 heterocycles. The number of hydrogen-bond acceptors (Lipinski definition) is 5. The predicted octanol–water partition coefficient (Wildman–Crippen LogP) is 3.26. The molecule has 1 aromatic heterocycles. The number of aromatic nitrogens is 2. The van der Waals surface area contributed by atoms with Crippen molar-refractivity contribution in [1.29, 1.82) is 0 Å². The van der Waals surface area contributed by atoms with Crippen LogP contribution in [0.3, 0.4) is 0 Å². The number of halogens is 1. The first-order valence-corrected chi connectivity index (χ1v) is 8.04. The van der Waals surface area contributed by atoms with Crippen LogP contribution in [0.15, 0.2) is 28.8 Å². The number of carbonyl (C=O) groups excluding carboxylic acids is 1. The molecular weight excluding hydrogens is 328 g/mol. The molecule has 1 saturated carbocycles. The van der Waals surface area contributed by atoms with Gasteiger partial charge in [-0.2, -0.15) is 4.98 Å². The molecule has 0 atom stereocenters. The SMILES string of the molecule is CCC(=O)N(C)c1ccccc1-c1nc(C2(N)CCCC2)no1.Cl. The van der Waals surface area contributed by atoms with Crippen LogP contribution in [0.2, 0.25) is 0 Å². The highest BCUT2D eigenvalue weighted by atomic mass is 35.5. The van der Waals surface area contributed by atoms with Crippen molar-refractivity contribution in [3.05, 3.63) is 30.1 Å². The Labute approximate surface area is 147 Å². The van der Waals surface area contributed by atoms with Gasteiger partial charge >= 0.3 is 0 Å². The molecule has 0 aliphatic heterocycles. The molecule has 3 rings (SSSR count). The van der Waals surface area contributed by atoms with Crippen LogP contribution in [0.5, 0.6) is 0 Å². The van der Waals surface area contributed by atoms with Crippen LogP contribution in [-0.2, 0) is 10.3 Å². The highest BCUT2D eigenvalue weighted by Crippen LogP contribution is 2.36. The van der Waals surface area contributed by atoms with E-state index in [1.165, 1.54) is 0 Å². The largest absolute Gasteiger partial charge is 0.334 e. The van der Waals surface area contributed by atoms with Crippen molar-refractivity contribution in [2.24, 2.45) is 5.73 Å². The number of hydrogen-bond donors (Lipinski definition) is 1. The average molecular weight is 351 g/mol. The zero-order valence-electron chi connectivity index (χ0n) is 14.0. The van der Waals surface area contributed by atoms with Crippen LogP contribution in [-0.4, -0.2) is 23.1 Å². The highest BCUT2D eigenvalue weighted by molar-refractivity contribution is 5.96. The molecule has 1 aliphatic rings. The number of benzene rings is 1. The van der Waals surface area contributed by atoms with Gasteiger partial charge in [-0.1, -0.05) is 37.1 Å². The topological polar surface area (TPSA) is 85.2 Å². The molecule has 1 fully saturated rings. The summed E-state index contributed by atoms with van der Waals surface area (Å²) in [6.45, 7) is 1.84. The smallest absolute Gasteiger partial charge is 0.260 e. The molecule has 6 nitrogen and oxygen atoms in total. The first-order valence-electron chi connectivity index (χ1n) is 8.04. The quantitative estimate of drug-likeness (QED) is 0.914. The first kappa shape index (κ1) is 18.4. The minimum Gasteiger partial charge on any atom is -0.334 e. The van der Waals surface area contributed by atoms with E-state index in [0.717, 1.165) is 36.9 Å². The summed E-state index contributed by atoms with van der Waals surface area (Å²) >= 11 is 0. The van der Waals surface area contributed by atoms with Crippen molar-refractivity contribution in [1.82, 2.24) is 10.1 Å².